The fourth-order valence-electron chi connectivity index (χ4n) is 2.40. The summed E-state index contributed by atoms with van der Waals surface area (Å²) in [7, 11) is 0. The molecule has 3 rings (SSSR count). The van der Waals surface area contributed by atoms with E-state index in [0.29, 0.717) is 27.8 Å². The van der Waals surface area contributed by atoms with Gasteiger partial charge in [-0.2, -0.15) is 10.2 Å². The Morgan fingerprint density at radius 1 is 1.15 bits per heavy atom. The van der Waals surface area contributed by atoms with Crippen molar-refractivity contribution in [3.8, 4) is 0 Å². The Morgan fingerprint density at radius 2 is 1.85 bits per heavy atom. The van der Waals surface area contributed by atoms with E-state index in [2.05, 4.69) is 15.6 Å². The molecule has 0 spiro atoms. The molecule has 132 valence electrons. The number of carbonyl (C=O) groups is 1. The van der Waals surface area contributed by atoms with Crippen LogP contribution in [0, 0.1) is 6.92 Å². The van der Waals surface area contributed by atoms with Gasteiger partial charge in [0.1, 0.15) is 5.15 Å². The molecule has 0 bridgehead atoms. The molecule has 1 heterocycles. The number of hydrogen-bond acceptors (Lipinski definition) is 3. The lowest BCUT2D eigenvalue weighted by Gasteiger charge is -2.03. The highest BCUT2D eigenvalue weighted by Gasteiger charge is 2.12. The maximum atomic E-state index is 12.0. The lowest BCUT2D eigenvalue weighted by atomic mass is 10.2. The third-order valence-corrected chi connectivity index (χ3v) is 4.40. The molecule has 1 N–H and O–H groups in total. The molecule has 0 aliphatic carbocycles. The maximum absolute atomic E-state index is 12.0. The lowest BCUT2D eigenvalue weighted by molar-refractivity contribution is 0.0955. The van der Waals surface area contributed by atoms with Gasteiger partial charge in [-0.05, 0) is 36.8 Å². The van der Waals surface area contributed by atoms with Gasteiger partial charge in [0.15, 0.2) is 0 Å². The molecule has 1 amide bonds. The second-order valence-electron chi connectivity index (χ2n) is 5.64. The number of nitrogens with zero attached hydrogens (tertiary/aromatic N) is 3. The topological polar surface area (TPSA) is 59.3 Å². The molecule has 0 fully saturated rings. The van der Waals surface area contributed by atoms with E-state index in [1.54, 1.807) is 28.9 Å². The highest BCUT2D eigenvalue weighted by molar-refractivity contribution is 6.32. The Hall–Kier alpha value is -2.63. The Kier molecular flexibility index (Phi) is 5.71. The highest BCUT2D eigenvalue weighted by atomic mass is 35.5. The molecule has 0 unspecified atom stereocenters. The first kappa shape index (κ1) is 18.2. The summed E-state index contributed by atoms with van der Waals surface area (Å²) in [6, 6.07) is 16.5. The summed E-state index contributed by atoms with van der Waals surface area (Å²) in [5.41, 5.74) is 5.43. The van der Waals surface area contributed by atoms with Crippen molar-refractivity contribution in [2.75, 3.05) is 0 Å². The number of carbonyl (C=O) groups excluding carboxylic acids is 1. The molecule has 1 aromatic heterocycles. The van der Waals surface area contributed by atoms with E-state index in [-0.39, 0.29) is 5.91 Å². The van der Waals surface area contributed by atoms with Crippen LogP contribution in [0.25, 0.3) is 0 Å². The first-order valence-corrected chi connectivity index (χ1v) is 8.66. The van der Waals surface area contributed by atoms with Crippen molar-refractivity contribution < 1.29 is 4.79 Å². The SMILES string of the molecule is Cc1nn(Cc2ccccc2)c(Cl)c1/C=N\NC(=O)c1ccc(Cl)cc1. The van der Waals surface area contributed by atoms with Crippen LogP contribution in [0.15, 0.2) is 59.7 Å². The summed E-state index contributed by atoms with van der Waals surface area (Å²) in [5, 5.41) is 9.46. The summed E-state index contributed by atoms with van der Waals surface area (Å²) in [4.78, 5) is 12.0. The average Bonchev–Trinajstić information content (AvgIpc) is 2.90. The number of benzene rings is 2. The standard InChI is InChI=1S/C19H16Cl2N4O/c1-13-17(11-22-23-19(26)15-7-9-16(20)10-8-15)18(21)25(24-13)12-14-5-3-2-4-6-14/h2-11H,12H2,1H3,(H,23,26)/b22-11-. The molecule has 3 aromatic rings. The van der Waals surface area contributed by atoms with Gasteiger partial charge < -0.3 is 0 Å². The maximum Gasteiger partial charge on any atom is 0.271 e. The van der Waals surface area contributed by atoms with E-state index in [9.17, 15) is 4.79 Å². The molecule has 26 heavy (non-hydrogen) atoms. The zero-order chi connectivity index (χ0) is 18.5. The summed E-state index contributed by atoms with van der Waals surface area (Å²) in [5.74, 6) is -0.330. The predicted molar refractivity (Wildman–Crippen MR) is 104 cm³/mol. The van der Waals surface area contributed by atoms with E-state index < -0.39 is 0 Å². The van der Waals surface area contributed by atoms with Crippen molar-refractivity contribution in [2.45, 2.75) is 13.5 Å². The third kappa shape index (κ3) is 4.31. The number of halogens is 2. The van der Waals surface area contributed by atoms with E-state index in [0.717, 1.165) is 11.3 Å². The summed E-state index contributed by atoms with van der Waals surface area (Å²) >= 11 is 12.2. The average molecular weight is 387 g/mol. The highest BCUT2D eigenvalue weighted by Crippen LogP contribution is 2.19. The second-order valence-corrected chi connectivity index (χ2v) is 6.43. The fourth-order valence-corrected chi connectivity index (χ4v) is 2.81. The van der Waals surface area contributed by atoms with Gasteiger partial charge in [-0.1, -0.05) is 53.5 Å². The Labute approximate surface area is 161 Å². The first-order valence-electron chi connectivity index (χ1n) is 7.90. The van der Waals surface area contributed by atoms with Crippen molar-refractivity contribution in [3.05, 3.63) is 87.2 Å². The molecule has 2 aromatic carbocycles. The summed E-state index contributed by atoms with van der Waals surface area (Å²) in [6.45, 7) is 2.40. The molecular weight excluding hydrogens is 371 g/mol. The van der Waals surface area contributed by atoms with Crippen LogP contribution in [0.5, 0.6) is 0 Å². The van der Waals surface area contributed by atoms with E-state index in [1.165, 1.54) is 6.21 Å². The first-order chi connectivity index (χ1) is 12.5. The van der Waals surface area contributed by atoms with Gasteiger partial charge in [0, 0.05) is 10.6 Å². The van der Waals surface area contributed by atoms with Crippen LogP contribution in [0.4, 0.5) is 0 Å². The smallest absolute Gasteiger partial charge is 0.267 e. The summed E-state index contributed by atoms with van der Waals surface area (Å²) < 4.78 is 1.70. The number of nitrogens with one attached hydrogen (secondary N) is 1. The number of rotatable bonds is 5. The normalized spacial score (nSPS) is 11.0. The van der Waals surface area contributed by atoms with Crippen LogP contribution >= 0.6 is 23.2 Å². The quantitative estimate of drug-likeness (QED) is 0.524. The molecule has 0 atom stereocenters. The van der Waals surface area contributed by atoms with Crippen molar-refractivity contribution in [3.63, 3.8) is 0 Å². The van der Waals surface area contributed by atoms with Gasteiger partial charge in [-0.3, -0.25) is 4.79 Å². The molecular formula is C19H16Cl2N4O. The van der Waals surface area contributed by atoms with Crippen molar-refractivity contribution in [1.29, 1.82) is 0 Å². The zero-order valence-electron chi connectivity index (χ0n) is 14.0. The monoisotopic (exact) mass is 386 g/mol. The van der Waals surface area contributed by atoms with E-state index in [1.807, 2.05) is 37.3 Å². The van der Waals surface area contributed by atoms with Crippen molar-refractivity contribution >= 4 is 35.3 Å². The number of hydrazone groups is 1. The van der Waals surface area contributed by atoms with Crippen LogP contribution < -0.4 is 5.43 Å². The Balaban J connectivity index is 1.70. The molecule has 0 aliphatic rings. The van der Waals surface area contributed by atoms with Crippen molar-refractivity contribution in [2.24, 2.45) is 5.10 Å². The molecule has 0 aliphatic heterocycles. The number of amides is 1. The molecule has 0 saturated carbocycles. The van der Waals surface area contributed by atoms with Gasteiger partial charge in [0.05, 0.1) is 24.0 Å². The predicted octanol–water partition coefficient (Wildman–Crippen LogP) is 4.31. The van der Waals surface area contributed by atoms with Gasteiger partial charge >= 0.3 is 0 Å². The molecule has 5 nitrogen and oxygen atoms in total. The van der Waals surface area contributed by atoms with E-state index in [4.69, 9.17) is 23.2 Å². The second kappa shape index (κ2) is 8.17. The minimum Gasteiger partial charge on any atom is -0.267 e. The van der Waals surface area contributed by atoms with E-state index >= 15 is 0 Å². The van der Waals surface area contributed by atoms with Crippen LogP contribution in [0.3, 0.4) is 0 Å². The minimum absolute atomic E-state index is 0.330. The molecule has 7 heteroatoms. The van der Waals surface area contributed by atoms with Crippen LogP contribution in [0.2, 0.25) is 10.2 Å². The summed E-state index contributed by atoms with van der Waals surface area (Å²) in [6.07, 6.45) is 1.50. The Bertz CT molecular complexity index is 934. The van der Waals surface area contributed by atoms with Crippen LogP contribution in [-0.4, -0.2) is 21.9 Å². The van der Waals surface area contributed by atoms with Gasteiger partial charge in [0.2, 0.25) is 0 Å². The molecule has 0 radical (unpaired) electrons. The minimum atomic E-state index is -0.330. The third-order valence-electron chi connectivity index (χ3n) is 3.75. The lowest BCUT2D eigenvalue weighted by Crippen LogP contribution is -2.17. The number of aryl methyl sites for hydroxylation is 1. The van der Waals surface area contributed by atoms with Crippen molar-refractivity contribution in [1.82, 2.24) is 15.2 Å². The van der Waals surface area contributed by atoms with Gasteiger partial charge in [0.25, 0.3) is 5.91 Å². The van der Waals surface area contributed by atoms with Gasteiger partial charge in [-0.25, -0.2) is 10.1 Å². The molecule has 0 saturated heterocycles. The van der Waals surface area contributed by atoms with Crippen LogP contribution in [-0.2, 0) is 6.54 Å². The number of hydrogen-bond donors (Lipinski definition) is 1. The van der Waals surface area contributed by atoms with Crippen LogP contribution in [0.1, 0.15) is 27.2 Å². The fraction of sp³-hybridized carbons (Fsp3) is 0.105. The van der Waals surface area contributed by atoms with Gasteiger partial charge in [-0.15, -0.1) is 0 Å². The zero-order valence-corrected chi connectivity index (χ0v) is 15.5. The number of aromatic nitrogens is 2. The largest absolute Gasteiger partial charge is 0.271 e. The Morgan fingerprint density at radius 3 is 2.54 bits per heavy atom.